The van der Waals surface area contributed by atoms with Gasteiger partial charge in [-0.1, -0.05) is 12.1 Å². The maximum absolute atomic E-state index is 11.4. The first-order valence-corrected chi connectivity index (χ1v) is 4.37. The van der Waals surface area contributed by atoms with Crippen molar-refractivity contribution in [3.8, 4) is 0 Å². The molecule has 1 aromatic rings. The van der Waals surface area contributed by atoms with Gasteiger partial charge in [0.15, 0.2) is 0 Å². The average molecular weight is 193 g/mol. The highest BCUT2D eigenvalue weighted by atomic mass is 32.1. The van der Waals surface area contributed by atoms with Crippen molar-refractivity contribution in [3.05, 3.63) is 42.5 Å². The van der Waals surface area contributed by atoms with Crippen molar-refractivity contribution in [3.63, 3.8) is 0 Å². The summed E-state index contributed by atoms with van der Waals surface area (Å²) >= 11 is 4.14. The quantitative estimate of drug-likeness (QED) is 0.557. The fourth-order valence-corrected chi connectivity index (χ4v) is 1.14. The van der Waals surface area contributed by atoms with Gasteiger partial charge >= 0.3 is 0 Å². The van der Waals surface area contributed by atoms with Gasteiger partial charge in [0.1, 0.15) is 0 Å². The third-order valence-electron chi connectivity index (χ3n) is 1.52. The van der Waals surface area contributed by atoms with Crippen LogP contribution in [0.25, 0.3) is 0 Å². The summed E-state index contributed by atoms with van der Waals surface area (Å²) in [5.41, 5.74) is 0.620. The third-order valence-corrected chi connectivity index (χ3v) is 1.79. The van der Waals surface area contributed by atoms with E-state index in [0.717, 1.165) is 4.90 Å². The van der Waals surface area contributed by atoms with E-state index in [-0.39, 0.29) is 5.91 Å². The normalized spacial score (nSPS) is 9.31. The molecule has 0 unspecified atom stereocenters. The van der Waals surface area contributed by atoms with Gasteiger partial charge in [0.2, 0.25) is 0 Å². The van der Waals surface area contributed by atoms with Crippen LogP contribution in [0.1, 0.15) is 10.4 Å². The summed E-state index contributed by atoms with van der Waals surface area (Å²) in [5.74, 6) is -0.101. The highest BCUT2D eigenvalue weighted by molar-refractivity contribution is 7.80. The number of benzene rings is 1. The van der Waals surface area contributed by atoms with Crippen molar-refractivity contribution in [2.45, 2.75) is 4.90 Å². The lowest BCUT2D eigenvalue weighted by molar-refractivity contribution is 0.0958. The predicted molar refractivity (Wildman–Crippen MR) is 56.2 cm³/mol. The van der Waals surface area contributed by atoms with E-state index < -0.39 is 0 Å². The SMILES string of the molecule is C=CCNC(=O)c1cccc(S)c1. The van der Waals surface area contributed by atoms with Gasteiger partial charge in [-0.25, -0.2) is 0 Å². The Hall–Kier alpha value is -1.22. The first-order chi connectivity index (χ1) is 6.24. The van der Waals surface area contributed by atoms with E-state index in [4.69, 9.17) is 0 Å². The second-order valence-electron chi connectivity index (χ2n) is 2.55. The van der Waals surface area contributed by atoms with Gasteiger partial charge in [-0.15, -0.1) is 19.2 Å². The minimum Gasteiger partial charge on any atom is -0.349 e. The highest BCUT2D eigenvalue weighted by Crippen LogP contribution is 2.08. The Morgan fingerprint density at radius 3 is 3.00 bits per heavy atom. The summed E-state index contributed by atoms with van der Waals surface area (Å²) in [5, 5.41) is 2.68. The number of amides is 1. The second-order valence-corrected chi connectivity index (χ2v) is 3.07. The molecule has 0 saturated carbocycles. The molecule has 3 heteroatoms. The molecule has 0 atom stereocenters. The van der Waals surface area contributed by atoms with E-state index in [1.165, 1.54) is 0 Å². The van der Waals surface area contributed by atoms with Crippen molar-refractivity contribution in [1.82, 2.24) is 5.32 Å². The molecule has 0 aliphatic heterocycles. The van der Waals surface area contributed by atoms with Crippen molar-refractivity contribution < 1.29 is 4.79 Å². The molecule has 1 amide bonds. The molecule has 0 fully saturated rings. The maximum Gasteiger partial charge on any atom is 0.251 e. The molecule has 0 aliphatic rings. The third kappa shape index (κ3) is 2.95. The van der Waals surface area contributed by atoms with Gasteiger partial charge in [0.05, 0.1) is 0 Å². The van der Waals surface area contributed by atoms with Gasteiger partial charge in [-0.2, -0.15) is 0 Å². The molecule has 1 aromatic carbocycles. The molecule has 0 spiro atoms. The topological polar surface area (TPSA) is 29.1 Å². The molecule has 0 radical (unpaired) electrons. The lowest BCUT2D eigenvalue weighted by Gasteiger charge is -2.02. The Morgan fingerprint density at radius 1 is 1.62 bits per heavy atom. The lowest BCUT2D eigenvalue weighted by atomic mass is 10.2. The predicted octanol–water partition coefficient (Wildman–Crippen LogP) is 1.89. The summed E-state index contributed by atoms with van der Waals surface area (Å²) in [7, 11) is 0. The summed E-state index contributed by atoms with van der Waals surface area (Å²) in [6, 6.07) is 7.10. The van der Waals surface area contributed by atoms with Gasteiger partial charge in [0.25, 0.3) is 5.91 Å². The fraction of sp³-hybridized carbons (Fsp3) is 0.100. The van der Waals surface area contributed by atoms with Gasteiger partial charge in [-0.3, -0.25) is 4.79 Å². The molecule has 1 rings (SSSR count). The Balaban J connectivity index is 2.71. The van der Waals surface area contributed by atoms with Crippen LogP contribution in [0.4, 0.5) is 0 Å². The van der Waals surface area contributed by atoms with E-state index in [1.54, 1.807) is 24.3 Å². The van der Waals surface area contributed by atoms with Crippen LogP contribution in [-0.4, -0.2) is 12.5 Å². The Kier molecular flexibility index (Phi) is 3.58. The zero-order chi connectivity index (χ0) is 9.68. The van der Waals surface area contributed by atoms with Crippen LogP contribution in [0.15, 0.2) is 41.8 Å². The Bertz CT molecular complexity index is 322. The van der Waals surface area contributed by atoms with Crippen LogP contribution in [0.5, 0.6) is 0 Å². The van der Waals surface area contributed by atoms with Gasteiger partial charge in [0, 0.05) is 17.0 Å². The van der Waals surface area contributed by atoms with Gasteiger partial charge < -0.3 is 5.32 Å². The highest BCUT2D eigenvalue weighted by Gasteiger charge is 2.02. The molecule has 0 aromatic heterocycles. The van der Waals surface area contributed by atoms with Crippen molar-refractivity contribution in [2.24, 2.45) is 0 Å². The molecular formula is C10H11NOS. The maximum atomic E-state index is 11.4. The monoisotopic (exact) mass is 193 g/mol. The first kappa shape index (κ1) is 9.86. The number of rotatable bonds is 3. The molecule has 0 bridgehead atoms. The zero-order valence-corrected chi connectivity index (χ0v) is 8.05. The molecular weight excluding hydrogens is 182 g/mol. The van der Waals surface area contributed by atoms with Crippen molar-refractivity contribution >= 4 is 18.5 Å². The molecule has 1 N–H and O–H groups in total. The number of carbonyl (C=O) groups is 1. The van der Waals surface area contributed by atoms with Crippen LogP contribution >= 0.6 is 12.6 Å². The van der Waals surface area contributed by atoms with Crippen LogP contribution < -0.4 is 5.32 Å². The minimum atomic E-state index is -0.101. The summed E-state index contributed by atoms with van der Waals surface area (Å²) in [4.78, 5) is 12.1. The van der Waals surface area contributed by atoms with Gasteiger partial charge in [-0.05, 0) is 18.2 Å². The number of carbonyl (C=O) groups excluding carboxylic acids is 1. The van der Waals surface area contributed by atoms with E-state index in [9.17, 15) is 4.79 Å². The Morgan fingerprint density at radius 2 is 2.38 bits per heavy atom. The van der Waals surface area contributed by atoms with Crippen LogP contribution in [0, 0.1) is 0 Å². The van der Waals surface area contributed by atoms with E-state index in [1.807, 2.05) is 6.07 Å². The van der Waals surface area contributed by atoms with E-state index >= 15 is 0 Å². The van der Waals surface area contributed by atoms with Crippen molar-refractivity contribution in [1.29, 1.82) is 0 Å². The Labute approximate surface area is 83.1 Å². The summed E-state index contributed by atoms with van der Waals surface area (Å²) in [6.07, 6.45) is 1.64. The van der Waals surface area contributed by atoms with Crippen LogP contribution in [0.3, 0.4) is 0 Å². The molecule has 2 nitrogen and oxygen atoms in total. The molecule has 13 heavy (non-hydrogen) atoms. The van der Waals surface area contributed by atoms with E-state index in [2.05, 4.69) is 24.5 Å². The largest absolute Gasteiger partial charge is 0.349 e. The molecule has 0 heterocycles. The van der Waals surface area contributed by atoms with E-state index in [0.29, 0.717) is 12.1 Å². The zero-order valence-electron chi connectivity index (χ0n) is 7.16. The van der Waals surface area contributed by atoms with Crippen LogP contribution in [0.2, 0.25) is 0 Å². The smallest absolute Gasteiger partial charge is 0.251 e. The second kappa shape index (κ2) is 4.72. The first-order valence-electron chi connectivity index (χ1n) is 3.92. The number of thiol groups is 1. The number of hydrogen-bond acceptors (Lipinski definition) is 2. The summed E-state index contributed by atoms with van der Waals surface area (Å²) < 4.78 is 0. The minimum absolute atomic E-state index is 0.101. The fourth-order valence-electron chi connectivity index (χ4n) is 0.914. The van der Waals surface area contributed by atoms with Crippen molar-refractivity contribution in [2.75, 3.05) is 6.54 Å². The summed E-state index contributed by atoms with van der Waals surface area (Å²) in [6.45, 7) is 4.00. The lowest BCUT2D eigenvalue weighted by Crippen LogP contribution is -2.22. The number of nitrogens with one attached hydrogen (secondary N) is 1. The average Bonchev–Trinajstić information content (AvgIpc) is 2.14. The van der Waals surface area contributed by atoms with Crippen LogP contribution in [-0.2, 0) is 0 Å². The number of hydrogen-bond donors (Lipinski definition) is 2. The standard InChI is InChI=1S/C10H11NOS/c1-2-6-11-10(12)8-4-3-5-9(13)7-8/h2-5,7,13H,1,6H2,(H,11,12). The molecule has 0 aliphatic carbocycles. The molecule has 0 saturated heterocycles. The molecule has 68 valence electrons.